The van der Waals surface area contributed by atoms with E-state index in [1.165, 1.54) is 33.4 Å². The minimum atomic E-state index is -2.01. The molecule has 3 aromatic heterocycles. The molecule has 566 valence electrons. The van der Waals surface area contributed by atoms with Gasteiger partial charge in [-0.3, -0.25) is 18.5 Å². The first-order valence-electron chi connectivity index (χ1n) is 37.9. The maximum absolute atomic E-state index is 7.33. The zero-order chi connectivity index (χ0) is 77.3. The van der Waals surface area contributed by atoms with Crippen molar-refractivity contribution in [3.05, 3.63) is 140 Å². The summed E-state index contributed by atoms with van der Waals surface area (Å²) in [6.45, 7) is 84.3. The fraction of sp³-hybridized carbons (Fsp3) is 0.600. The first-order chi connectivity index (χ1) is 46.6. The molecule has 0 radical (unpaired) electrons. The van der Waals surface area contributed by atoms with Gasteiger partial charge >= 0.3 is 24.7 Å². The Morgan fingerprint density at radius 3 is 0.466 bits per heavy atom. The third-order valence-electron chi connectivity index (χ3n) is 20.3. The fourth-order valence-electron chi connectivity index (χ4n) is 13.2. The molecule has 0 bridgehead atoms. The van der Waals surface area contributed by atoms with Gasteiger partial charge in [0.25, 0.3) is 0 Å². The van der Waals surface area contributed by atoms with Gasteiger partial charge in [0, 0.05) is 85.3 Å². The summed E-state index contributed by atoms with van der Waals surface area (Å²) in [5.74, 6) is 0. The number of hydrogen-bond acceptors (Lipinski definition) is 10. The van der Waals surface area contributed by atoms with Crippen LogP contribution in [0, 0.1) is 0 Å². The SMILES string of the molecule is CC(C)(C)c1cc(C(C)(C)C)c2op(OCCN(CCOp3oc4c(C(C)(C)C)cc(C(C)(C)C)cc4c4cc(C(C)(C)C)cc(C(C)(C)C)c4o3)CCOp3oc4c(C(C)(C)C)cc(C(C)(C)C)cc4c4cc(C(C)(C)C)cc(C(C)(C)C)c4o3)oc3c(C(C)(C)C)cc(C(C)(C)C)cc3c2c1. The van der Waals surface area contributed by atoms with E-state index in [0.717, 1.165) is 99.2 Å². The van der Waals surface area contributed by atoms with Crippen LogP contribution in [0.5, 0.6) is 0 Å². The Morgan fingerprint density at radius 2 is 0.350 bits per heavy atom. The second-order valence-electron chi connectivity index (χ2n) is 42.0. The molecule has 0 spiro atoms. The molecule has 0 fully saturated rings. The maximum Gasteiger partial charge on any atom is 0.387 e. The van der Waals surface area contributed by atoms with Crippen LogP contribution in [0.1, 0.15) is 316 Å². The van der Waals surface area contributed by atoms with E-state index >= 15 is 0 Å². The van der Waals surface area contributed by atoms with E-state index in [1.54, 1.807) is 0 Å². The van der Waals surface area contributed by atoms with E-state index in [9.17, 15) is 0 Å². The quantitative estimate of drug-likeness (QED) is 0.117. The van der Waals surface area contributed by atoms with Gasteiger partial charge in [0.2, 0.25) is 0 Å². The Balaban J connectivity index is 1.23. The van der Waals surface area contributed by atoms with Crippen LogP contribution in [0.4, 0.5) is 0 Å². The third kappa shape index (κ3) is 18.5. The summed E-state index contributed by atoms with van der Waals surface area (Å²) in [5.41, 5.74) is 16.4. The Morgan fingerprint density at radius 1 is 0.214 bits per heavy atom. The highest BCUT2D eigenvalue weighted by Gasteiger charge is 2.34. The molecule has 13 heteroatoms. The average molecular weight is 1460 g/mol. The van der Waals surface area contributed by atoms with Crippen molar-refractivity contribution in [3.8, 4) is 0 Å². The third-order valence-corrected chi connectivity index (χ3v) is 23.4. The smallest absolute Gasteiger partial charge is 0.387 e. The van der Waals surface area contributed by atoms with Crippen LogP contribution in [0.3, 0.4) is 0 Å². The number of benzene rings is 6. The highest BCUT2D eigenvalue weighted by molar-refractivity contribution is 7.32. The Kier molecular flexibility index (Phi) is 22.4. The average Bonchev–Trinajstić information content (AvgIpc) is 1.72. The summed E-state index contributed by atoms with van der Waals surface area (Å²) in [4.78, 5) is 2.34. The lowest BCUT2D eigenvalue weighted by Gasteiger charge is -2.27. The number of hydrogen-bond donors (Lipinski definition) is 0. The summed E-state index contributed by atoms with van der Waals surface area (Å²) < 4.78 is 65.4. The molecular formula is C90H132NO9P3. The molecule has 6 aromatic carbocycles. The summed E-state index contributed by atoms with van der Waals surface area (Å²) >= 11 is 0. The van der Waals surface area contributed by atoms with Crippen LogP contribution < -0.4 is 13.6 Å². The maximum atomic E-state index is 7.33. The van der Waals surface area contributed by atoms with Crippen molar-refractivity contribution in [1.29, 1.82) is 0 Å². The molecule has 0 atom stereocenters. The molecule has 0 N–H and O–H groups in total. The van der Waals surface area contributed by atoms with E-state index in [1.807, 2.05) is 0 Å². The second kappa shape index (κ2) is 28.1. The molecular weight excluding hydrogens is 1330 g/mol. The standard InChI is InChI=1S/C90H132NO9P3/c1-79(2,3)55-43-61-62-44-56(80(4,5)6)50-68(86(22,23)24)74(62)96-101(95-73(61)67(49-55)85(19,20)21)92-40-37-91(38-41-93-102-97-75-63(45-57(81(7,8)9)51-69(75)87(25,26)27)64-46-58(82(10,11)12)52-70(76(64)98-102)88(28,29)30)39-42-94-103-99-77-65(47-59(83(13,14)15)53-71(77)89(31,32)33)66-48-60(84(16,17)18)54-72(78(66)100-103)90(34,35)36/h43-54H,37-42H2,1-36H3. The Hall–Kier alpha value is -5.14. The largest absolute Gasteiger partial charge is 0.399 e. The molecule has 103 heavy (non-hydrogen) atoms. The van der Waals surface area contributed by atoms with Crippen LogP contribution in [0.15, 0.2) is 98.0 Å². The lowest BCUT2D eigenvalue weighted by molar-refractivity contribution is 0.183. The van der Waals surface area contributed by atoms with Crippen molar-refractivity contribution in [2.45, 2.75) is 314 Å². The summed E-state index contributed by atoms with van der Waals surface area (Å²) in [6.07, 6.45) is 0. The summed E-state index contributed by atoms with van der Waals surface area (Å²) in [7, 11) is -6.03. The highest BCUT2D eigenvalue weighted by Crippen LogP contribution is 2.50. The molecule has 3 heterocycles. The molecule has 10 nitrogen and oxygen atoms in total. The van der Waals surface area contributed by atoms with Gasteiger partial charge in [-0.05, 0) is 135 Å². The van der Waals surface area contributed by atoms with E-state index in [-0.39, 0.29) is 84.8 Å². The first-order valence-corrected chi connectivity index (χ1v) is 41.1. The zero-order valence-electron chi connectivity index (χ0n) is 70.6. The predicted molar refractivity (Wildman–Crippen MR) is 444 cm³/mol. The van der Waals surface area contributed by atoms with Gasteiger partial charge in [-0.15, -0.1) is 0 Å². The van der Waals surface area contributed by atoms with Gasteiger partial charge in [0.1, 0.15) is 33.5 Å². The summed E-state index contributed by atoms with van der Waals surface area (Å²) in [5, 5.41) is 6.17. The lowest BCUT2D eigenvalue weighted by Crippen LogP contribution is -2.35. The van der Waals surface area contributed by atoms with Crippen molar-refractivity contribution in [2.24, 2.45) is 0 Å². The lowest BCUT2D eigenvalue weighted by atomic mass is 9.77. The van der Waals surface area contributed by atoms with E-state index in [2.05, 4.69) is 327 Å². The van der Waals surface area contributed by atoms with E-state index < -0.39 is 24.7 Å². The monoisotopic (exact) mass is 1460 g/mol. The van der Waals surface area contributed by atoms with Crippen LogP contribution in [-0.2, 0) is 65.0 Å². The first kappa shape index (κ1) is 81.9. The Labute approximate surface area is 623 Å². The van der Waals surface area contributed by atoms with Gasteiger partial charge in [0.05, 0.1) is 19.8 Å². The molecule has 9 aromatic rings. The highest BCUT2D eigenvalue weighted by atomic mass is 31.1. The molecule has 0 saturated carbocycles. The molecule has 9 rings (SSSR count). The molecule has 0 aliphatic rings. The van der Waals surface area contributed by atoms with E-state index in [0.29, 0.717) is 19.6 Å². The Bertz CT molecular complexity index is 4010. The summed E-state index contributed by atoms with van der Waals surface area (Å²) in [6, 6.07) is 28.1. The predicted octanol–water partition coefficient (Wildman–Crippen LogP) is 28.1. The number of rotatable bonds is 12. The van der Waals surface area contributed by atoms with Crippen molar-refractivity contribution in [3.63, 3.8) is 0 Å². The van der Waals surface area contributed by atoms with Gasteiger partial charge < -0.3 is 25.2 Å². The number of nitrogens with zero attached hydrogens (tertiary/aromatic N) is 1. The normalized spacial score (nSPS) is 14.1. The van der Waals surface area contributed by atoms with Crippen molar-refractivity contribution >= 4 is 90.5 Å². The molecule has 0 amide bonds. The van der Waals surface area contributed by atoms with Gasteiger partial charge in [0.15, 0.2) is 0 Å². The van der Waals surface area contributed by atoms with Gasteiger partial charge in [-0.1, -0.05) is 286 Å². The minimum Gasteiger partial charge on any atom is -0.399 e. The molecule has 0 aliphatic carbocycles. The molecule has 0 saturated heterocycles. The van der Waals surface area contributed by atoms with Crippen molar-refractivity contribution in [1.82, 2.24) is 4.90 Å². The second-order valence-corrected chi connectivity index (χ2v) is 45.2. The number of fused-ring (bicyclic) bond motifs is 9. The molecule has 0 unspecified atom stereocenters. The van der Waals surface area contributed by atoms with Crippen LogP contribution in [-0.4, -0.2) is 44.4 Å². The van der Waals surface area contributed by atoms with Gasteiger partial charge in [-0.2, -0.15) is 0 Å². The fourth-order valence-corrected chi connectivity index (χ4v) is 16.4. The van der Waals surface area contributed by atoms with Crippen LogP contribution in [0.2, 0.25) is 0 Å². The van der Waals surface area contributed by atoms with Crippen molar-refractivity contribution < 1.29 is 38.8 Å². The zero-order valence-corrected chi connectivity index (χ0v) is 73.3. The van der Waals surface area contributed by atoms with Crippen LogP contribution >= 0.6 is 24.7 Å². The minimum absolute atomic E-state index is 0.141. The van der Waals surface area contributed by atoms with E-state index in [4.69, 9.17) is 38.8 Å². The van der Waals surface area contributed by atoms with Crippen LogP contribution in [0.25, 0.3) is 65.8 Å². The van der Waals surface area contributed by atoms with Gasteiger partial charge in [-0.25, -0.2) is 0 Å². The van der Waals surface area contributed by atoms with Crippen molar-refractivity contribution in [2.75, 3.05) is 39.5 Å². The molecule has 0 aliphatic heterocycles. The topological polar surface area (TPSA) is 110 Å².